The third-order valence-electron chi connectivity index (χ3n) is 3.84. The van der Waals surface area contributed by atoms with Gasteiger partial charge in [0.05, 0.1) is 5.92 Å². The zero-order valence-electron chi connectivity index (χ0n) is 13.4. The largest absolute Gasteiger partial charge is 0.481 e. The minimum atomic E-state index is -0.750. The average Bonchev–Trinajstić information content (AvgIpc) is 2.47. The molecule has 2 rings (SSSR count). The van der Waals surface area contributed by atoms with E-state index in [0.717, 1.165) is 6.54 Å². The van der Waals surface area contributed by atoms with Crippen LogP contribution in [0.3, 0.4) is 0 Å². The summed E-state index contributed by atoms with van der Waals surface area (Å²) in [5.74, 6) is -1.11. The Balaban J connectivity index is 2.12. The summed E-state index contributed by atoms with van der Waals surface area (Å²) >= 11 is 0. The lowest BCUT2D eigenvalue weighted by molar-refractivity contribution is -0.141. The molecule has 116 valence electrons. The number of carboxylic acids is 1. The second-order valence-corrected chi connectivity index (χ2v) is 5.95. The molecular weight excluding hydrogens is 274 g/mol. The number of hydrogen-bond donors (Lipinski definition) is 1. The summed E-state index contributed by atoms with van der Waals surface area (Å²) in [6.07, 6.45) is 0. The Hall–Kier alpha value is -2.13. The molecule has 0 aliphatic carbocycles. The van der Waals surface area contributed by atoms with Gasteiger partial charge in [0.1, 0.15) is 0 Å². The fraction of sp³-hybridized carbons (Fsp3) is 0.316. The molecule has 0 heterocycles. The number of aryl methyl sites for hydroxylation is 1. The van der Waals surface area contributed by atoms with Gasteiger partial charge in [-0.2, -0.15) is 0 Å². The van der Waals surface area contributed by atoms with Crippen LogP contribution in [-0.4, -0.2) is 29.6 Å². The van der Waals surface area contributed by atoms with Crippen molar-refractivity contribution in [2.75, 3.05) is 13.6 Å². The van der Waals surface area contributed by atoms with Crippen molar-refractivity contribution in [2.24, 2.45) is 5.92 Å². The van der Waals surface area contributed by atoms with Crippen molar-refractivity contribution in [2.45, 2.75) is 20.4 Å². The fourth-order valence-corrected chi connectivity index (χ4v) is 2.66. The molecule has 0 saturated heterocycles. The standard InChI is InChI=1S/C19H23NO2/c1-14-7-4-5-10-18(14)17-9-6-8-16(11-17)13-20(3)12-15(2)19(21)22/h4-11,15H,12-13H2,1-3H3,(H,21,22). The molecular formula is C19H23NO2. The van der Waals surface area contributed by atoms with Crippen LogP contribution in [0, 0.1) is 12.8 Å². The lowest BCUT2D eigenvalue weighted by atomic mass is 9.99. The fourth-order valence-electron chi connectivity index (χ4n) is 2.66. The van der Waals surface area contributed by atoms with Gasteiger partial charge in [-0.3, -0.25) is 4.79 Å². The molecule has 3 nitrogen and oxygen atoms in total. The SMILES string of the molecule is Cc1ccccc1-c1cccc(CN(C)CC(C)C(=O)O)c1. The molecule has 2 aromatic rings. The van der Waals surface area contributed by atoms with E-state index in [2.05, 4.69) is 54.3 Å². The van der Waals surface area contributed by atoms with E-state index in [4.69, 9.17) is 5.11 Å². The van der Waals surface area contributed by atoms with Crippen molar-refractivity contribution in [3.05, 3.63) is 59.7 Å². The van der Waals surface area contributed by atoms with Gasteiger partial charge in [-0.1, -0.05) is 49.4 Å². The quantitative estimate of drug-likeness (QED) is 0.881. The Morgan fingerprint density at radius 3 is 2.59 bits per heavy atom. The van der Waals surface area contributed by atoms with Gasteiger partial charge in [0.25, 0.3) is 0 Å². The van der Waals surface area contributed by atoms with Gasteiger partial charge in [-0.05, 0) is 42.3 Å². The molecule has 1 unspecified atom stereocenters. The maximum atomic E-state index is 10.9. The maximum Gasteiger partial charge on any atom is 0.307 e. The number of aliphatic carboxylic acids is 1. The predicted octanol–water partition coefficient (Wildman–Crippen LogP) is 3.81. The van der Waals surface area contributed by atoms with Crippen molar-refractivity contribution in [3.63, 3.8) is 0 Å². The van der Waals surface area contributed by atoms with Crippen LogP contribution in [0.1, 0.15) is 18.1 Å². The number of rotatable bonds is 6. The van der Waals surface area contributed by atoms with Crippen LogP contribution in [0.4, 0.5) is 0 Å². The molecule has 0 bridgehead atoms. The highest BCUT2D eigenvalue weighted by Crippen LogP contribution is 2.24. The minimum absolute atomic E-state index is 0.357. The van der Waals surface area contributed by atoms with Crippen molar-refractivity contribution >= 4 is 5.97 Å². The van der Waals surface area contributed by atoms with Gasteiger partial charge >= 0.3 is 5.97 Å². The van der Waals surface area contributed by atoms with E-state index in [9.17, 15) is 4.79 Å². The van der Waals surface area contributed by atoms with E-state index in [0.29, 0.717) is 6.54 Å². The summed E-state index contributed by atoms with van der Waals surface area (Å²) in [7, 11) is 1.96. The lowest BCUT2D eigenvalue weighted by Crippen LogP contribution is -2.28. The van der Waals surface area contributed by atoms with Gasteiger partial charge in [0.15, 0.2) is 0 Å². The third-order valence-corrected chi connectivity index (χ3v) is 3.84. The van der Waals surface area contributed by atoms with Gasteiger partial charge in [-0.15, -0.1) is 0 Å². The minimum Gasteiger partial charge on any atom is -0.481 e. The molecule has 0 aliphatic heterocycles. The summed E-state index contributed by atoms with van der Waals surface area (Å²) in [5.41, 5.74) is 4.90. The van der Waals surface area contributed by atoms with Crippen LogP contribution >= 0.6 is 0 Å². The molecule has 0 saturated carbocycles. The topological polar surface area (TPSA) is 40.5 Å². The molecule has 1 atom stereocenters. The summed E-state index contributed by atoms with van der Waals surface area (Å²) in [4.78, 5) is 13.0. The van der Waals surface area contributed by atoms with Crippen LogP contribution in [0.2, 0.25) is 0 Å². The Bertz CT molecular complexity index is 651. The molecule has 0 fully saturated rings. The van der Waals surface area contributed by atoms with E-state index >= 15 is 0 Å². The first-order chi connectivity index (χ1) is 10.5. The Kier molecular flexibility index (Phi) is 5.34. The first-order valence-corrected chi connectivity index (χ1v) is 7.53. The highest BCUT2D eigenvalue weighted by Gasteiger charge is 2.13. The molecule has 2 aromatic carbocycles. The Morgan fingerprint density at radius 1 is 1.18 bits per heavy atom. The van der Waals surface area contributed by atoms with Gasteiger partial charge in [0, 0.05) is 13.1 Å². The van der Waals surface area contributed by atoms with E-state index in [1.54, 1.807) is 6.92 Å². The van der Waals surface area contributed by atoms with Crippen LogP contribution in [0.25, 0.3) is 11.1 Å². The summed E-state index contributed by atoms with van der Waals surface area (Å²) in [6, 6.07) is 16.8. The molecule has 0 radical (unpaired) electrons. The summed E-state index contributed by atoms with van der Waals surface area (Å²) in [5, 5.41) is 8.99. The average molecular weight is 297 g/mol. The molecule has 1 N–H and O–H groups in total. The second kappa shape index (κ2) is 7.23. The molecule has 3 heteroatoms. The Morgan fingerprint density at radius 2 is 1.91 bits per heavy atom. The van der Waals surface area contributed by atoms with Crippen LogP contribution in [-0.2, 0) is 11.3 Å². The van der Waals surface area contributed by atoms with Crippen molar-refractivity contribution in [1.29, 1.82) is 0 Å². The predicted molar refractivity (Wildman–Crippen MR) is 89.7 cm³/mol. The number of nitrogens with zero attached hydrogens (tertiary/aromatic N) is 1. The zero-order chi connectivity index (χ0) is 16.1. The van der Waals surface area contributed by atoms with Gasteiger partial charge < -0.3 is 10.0 Å². The third kappa shape index (κ3) is 4.18. The summed E-state index contributed by atoms with van der Waals surface area (Å²) < 4.78 is 0. The molecule has 0 spiro atoms. The van der Waals surface area contributed by atoms with Crippen molar-refractivity contribution < 1.29 is 9.90 Å². The zero-order valence-corrected chi connectivity index (χ0v) is 13.4. The van der Waals surface area contributed by atoms with Gasteiger partial charge in [-0.25, -0.2) is 0 Å². The lowest BCUT2D eigenvalue weighted by Gasteiger charge is -2.19. The molecule has 0 aromatic heterocycles. The molecule has 0 amide bonds. The highest BCUT2D eigenvalue weighted by atomic mass is 16.4. The highest BCUT2D eigenvalue weighted by molar-refractivity contribution is 5.69. The summed E-state index contributed by atoms with van der Waals surface area (Å²) in [6.45, 7) is 5.15. The monoisotopic (exact) mass is 297 g/mol. The number of carboxylic acid groups (broad SMARTS) is 1. The van der Waals surface area contributed by atoms with E-state index in [1.165, 1.54) is 22.3 Å². The van der Waals surface area contributed by atoms with Crippen molar-refractivity contribution in [1.82, 2.24) is 4.90 Å². The molecule has 22 heavy (non-hydrogen) atoms. The van der Waals surface area contributed by atoms with E-state index in [1.807, 2.05) is 13.1 Å². The number of hydrogen-bond acceptors (Lipinski definition) is 2. The number of carbonyl (C=O) groups is 1. The second-order valence-electron chi connectivity index (χ2n) is 5.95. The van der Waals surface area contributed by atoms with E-state index in [-0.39, 0.29) is 5.92 Å². The van der Waals surface area contributed by atoms with Crippen LogP contribution in [0.5, 0.6) is 0 Å². The van der Waals surface area contributed by atoms with Crippen LogP contribution in [0.15, 0.2) is 48.5 Å². The molecule has 0 aliphatic rings. The smallest absolute Gasteiger partial charge is 0.307 e. The first-order valence-electron chi connectivity index (χ1n) is 7.53. The Labute approximate surface area is 132 Å². The maximum absolute atomic E-state index is 10.9. The normalized spacial score (nSPS) is 12.4. The van der Waals surface area contributed by atoms with Crippen LogP contribution < -0.4 is 0 Å². The first kappa shape index (κ1) is 16.2. The van der Waals surface area contributed by atoms with Crippen molar-refractivity contribution in [3.8, 4) is 11.1 Å². The van der Waals surface area contributed by atoms with Gasteiger partial charge in [0.2, 0.25) is 0 Å². The number of benzene rings is 2. The van der Waals surface area contributed by atoms with E-state index < -0.39 is 5.97 Å².